The molecule has 1 atom stereocenters. The van der Waals surface area contributed by atoms with E-state index in [-0.39, 0.29) is 37.5 Å². The molecule has 6 nitrogen and oxygen atoms in total. The predicted molar refractivity (Wildman–Crippen MR) is 261 cm³/mol. The van der Waals surface area contributed by atoms with E-state index in [1.54, 1.807) is 0 Å². The number of hydrogen-bond donors (Lipinski definition) is 0. The first kappa shape index (κ1) is 58.1. The molecule has 0 amide bonds. The highest BCUT2D eigenvalue weighted by atomic mass is 16.6. The molecule has 0 spiro atoms. The molecular formula is C55H96O6. The number of hydrogen-bond acceptors (Lipinski definition) is 6. The second-order valence-corrected chi connectivity index (χ2v) is 17.1. The minimum Gasteiger partial charge on any atom is -0.462 e. The van der Waals surface area contributed by atoms with Crippen LogP contribution in [0.25, 0.3) is 0 Å². The van der Waals surface area contributed by atoms with E-state index < -0.39 is 6.10 Å². The van der Waals surface area contributed by atoms with Gasteiger partial charge in [0.05, 0.1) is 0 Å². The Morgan fingerprint density at radius 1 is 0.344 bits per heavy atom. The quantitative estimate of drug-likeness (QED) is 0.0263. The minimum absolute atomic E-state index is 0.102. The maximum atomic E-state index is 12.7. The zero-order chi connectivity index (χ0) is 44.4. The highest BCUT2D eigenvalue weighted by molar-refractivity contribution is 5.71. The molecule has 0 rings (SSSR count). The lowest BCUT2D eigenvalue weighted by Gasteiger charge is -2.18. The van der Waals surface area contributed by atoms with Gasteiger partial charge in [0.2, 0.25) is 0 Å². The van der Waals surface area contributed by atoms with Crippen LogP contribution < -0.4 is 0 Å². The van der Waals surface area contributed by atoms with Crippen LogP contribution in [-0.2, 0) is 28.6 Å². The lowest BCUT2D eigenvalue weighted by atomic mass is 10.1. The third kappa shape index (κ3) is 48.0. The first-order valence-corrected chi connectivity index (χ1v) is 25.8. The SMILES string of the molecule is CC/C=C\C/C=C\C/C=C\C/C=C\CCC(=O)OC(COC(=O)CCCCCCCCCCC)COC(=O)CCCCCCCCCCC/C=C\CCCCCCCCCC. The van der Waals surface area contributed by atoms with Crippen LogP contribution in [0.5, 0.6) is 0 Å². The largest absolute Gasteiger partial charge is 0.462 e. The van der Waals surface area contributed by atoms with Crippen molar-refractivity contribution >= 4 is 17.9 Å². The van der Waals surface area contributed by atoms with Crippen molar-refractivity contribution in [1.29, 1.82) is 0 Å². The summed E-state index contributed by atoms with van der Waals surface area (Å²) in [5.41, 5.74) is 0. The van der Waals surface area contributed by atoms with Crippen LogP contribution in [0.2, 0.25) is 0 Å². The van der Waals surface area contributed by atoms with Gasteiger partial charge in [0.1, 0.15) is 13.2 Å². The second kappa shape index (κ2) is 49.8. The monoisotopic (exact) mass is 853 g/mol. The Bertz CT molecular complexity index is 1120. The predicted octanol–water partition coefficient (Wildman–Crippen LogP) is 16.9. The molecule has 0 aliphatic rings. The fourth-order valence-electron chi connectivity index (χ4n) is 7.16. The van der Waals surface area contributed by atoms with Crippen molar-refractivity contribution in [3.05, 3.63) is 60.8 Å². The van der Waals surface area contributed by atoms with Crippen molar-refractivity contribution in [2.24, 2.45) is 0 Å². The molecule has 0 heterocycles. The van der Waals surface area contributed by atoms with Crippen molar-refractivity contribution in [3.8, 4) is 0 Å². The Labute approximate surface area is 377 Å². The topological polar surface area (TPSA) is 78.9 Å². The minimum atomic E-state index is -0.809. The normalized spacial score (nSPS) is 12.5. The summed E-state index contributed by atoms with van der Waals surface area (Å²) in [6, 6.07) is 0. The standard InChI is InChI=1S/C55H96O6/c1-4-7-10-13-16-19-21-23-24-25-26-27-28-29-30-32-33-36-39-42-45-48-54(57)60-51-52(50-59-53(56)47-44-41-38-35-18-15-12-9-6-3)61-55(58)49-46-43-40-37-34-31-22-20-17-14-11-8-5-2/h8,11,17,20,25-26,31,34,40,43,52H,4-7,9-10,12-16,18-19,21-24,27-30,32-33,35-39,41-42,44-51H2,1-3H3/b11-8-,20-17-,26-25-,34-31-,43-40-. The molecule has 6 heteroatoms. The Hall–Kier alpha value is -2.89. The molecule has 0 radical (unpaired) electrons. The van der Waals surface area contributed by atoms with Crippen molar-refractivity contribution in [3.63, 3.8) is 0 Å². The van der Waals surface area contributed by atoms with E-state index >= 15 is 0 Å². The highest BCUT2D eigenvalue weighted by Crippen LogP contribution is 2.15. The molecule has 0 fully saturated rings. The van der Waals surface area contributed by atoms with Gasteiger partial charge in [-0.05, 0) is 70.6 Å². The van der Waals surface area contributed by atoms with Crippen molar-refractivity contribution < 1.29 is 28.6 Å². The van der Waals surface area contributed by atoms with E-state index in [0.29, 0.717) is 19.3 Å². The molecule has 0 saturated heterocycles. The van der Waals surface area contributed by atoms with E-state index in [1.165, 1.54) is 141 Å². The van der Waals surface area contributed by atoms with Gasteiger partial charge in [0, 0.05) is 19.3 Å². The average molecular weight is 853 g/mol. The molecular weight excluding hydrogens is 757 g/mol. The van der Waals surface area contributed by atoms with Crippen LogP contribution in [0, 0.1) is 0 Å². The number of carbonyl (C=O) groups is 3. The fourth-order valence-corrected chi connectivity index (χ4v) is 7.16. The third-order valence-electron chi connectivity index (χ3n) is 11.0. The van der Waals surface area contributed by atoms with Crippen LogP contribution in [0.1, 0.15) is 252 Å². The van der Waals surface area contributed by atoms with E-state index in [1.807, 2.05) is 12.2 Å². The Kier molecular flexibility index (Phi) is 47.4. The molecule has 0 N–H and O–H groups in total. The van der Waals surface area contributed by atoms with E-state index in [9.17, 15) is 14.4 Å². The number of ether oxygens (including phenoxy) is 3. The molecule has 61 heavy (non-hydrogen) atoms. The van der Waals surface area contributed by atoms with Crippen LogP contribution in [0.4, 0.5) is 0 Å². The first-order valence-electron chi connectivity index (χ1n) is 25.8. The summed E-state index contributed by atoms with van der Waals surface area (Å²) in [6.45, 7) is 6.44. The van der Waals surface area contributed by atoms with Crippen molar-refractivity contribution in [2.75, 3.05) is 13.2 Å². The van der Waals surface area contributed by atoms with Gasteiger partial charge < -0.3 is 14.2 Å². The van der Waals surface area contributed by atoms with E-state index in [2.05, 4.69) is 69.4 Å². The van der Waals surface area contributed by atoms with Crippen molar-refractivity contribution in [2.45, 2.75) is 258 Å². The van der Waals surface area contributed by atoms with Gasteiger partial charge in [-0.15, -0.1) is 0 Å². The fraction of sp³-hybridized carbons (Fsp3) is 0.764. The van der Waals surface area contributed by atoms with Crippen LogP contribution in [0.15, 0.2) is 60.8 Å². The van der Waals surface area contributed by atoms with Gasteiger partial charge in [0.15, 0.2) is 6.10 Å². The Morgan fingerprint density at radius 3 is 1.07 bits per heavy atom. The maximum absolute atomic E-state index is 12.7. The van der Waals surface area contributed by atoms with Crippen LogP contribution >= 0.6 is 0 Å². The number of allylic oxidation sites excluding steroid dienone is 10. The Balaban J connectivity index is 4.31. The van der Waals surface area contributed by atoms with E-state index in [4.69, 9.17) is 14.2 Å². The van der Waals surface area contributed by atoms with Gasteiger partial charge in [-0.25, -0.2) is 0 Å². The number of carbonyl (C=O) groups excluding carboxylic acids is 3. The molecule has 0 aromatic heterocycles. The molecule has 1 unspecified atom stereocenters. The van der Waals surface area contributed by atoms with Gasteiger partial charge in [-0.2, -0.15) is 0 Å². The van der Waals surface area contributed by atoms with Crippen LogP contribution in [-0.4, -0.2) is 37.2 Å². The number of esters is 3. The summed E-state index contributed by atoms with van der Waals surface area (Å²) in [7, 11) is 0. The van der Waals surface area contributed by atoms with Crippen molar-refractivity contribution in [1.82, 2.24) is 0 Å². The molecule has 0 bridgehead atoms. The van der Waals surface area contributed by atoms with Gasteiger partial charge in [-0.3, -0.25) is 14.4 Å². The first-order chi connectivity index (χ1) is 30.0. The molecule has 0 aliphatic heterocycles. The lowest BCUT2D eigenvalue weighted by Crippen LogP contribution is -2.30. The zero-order valence-corrected chi connectivity index (χ0v) is 40.2. The van der Waals surface area contributed by atoms with E-state index in [0.717, 1.165) is 64.2 Å². The summed E-state index contributed by atoms with van der Waals surface area (Å²) in [6.07, 6.45) is 60.9. The highest BCUT2D eigenvalue weighted by Gasteiger charge is 2.19. The smallest absolute Gasteiger partial charge is 0.306 e. The molecule has 0 aromatic carbocycles. The molecule has 0 aliphatic carbocycles. The van der Waals surface area contributed by atoms with Gasteiger partial charge in [0.25, 0.3) is 0 Å². The Morgan fingerprint density at radius 2 is 0.672 bits per heavy atom. The van der Waals surface area contributed by atoms with Gasteiger partial charge >= 0.3 is 17.9 Å². The molecule has 352 valence electrons. The lowest BCUT2D eigenvalue weighted by molar-refractivity contribution is -0.166. The summed E-state index contributed by atoms with van der Waals surface area (Å²) >= 11 is 0. The molecule has 0 saturated carbocycles. The average Bonchev–Trinajstić information content (AvgIpc) is 3.26. The zero-order valence-electron chi connectivity index (χ0n) is 40.2. The molecule has 0 aromatic rings. The number of rotatable bonds is 46. The summed E-state index contributed by atoms with van der Waals surface area (Å²) < 4.78 is 16.7. The van der Waals surface area contributed by atoms with Gasteiger partial charge in [-0.1, -0.05) is 223 Å². The summed E-state index contributed by atoms with van der Waals surface area (Å²) in [5.74, 6) is -0.986. The second-order valence-electron chi connectivity index (χ2n) is 17.1. The third-order valence-corrected chi connectivity index (χ3v) is 11.0. The van der Waals surface area contributed by atoms with Crippen LogP contribution in [0.3, 0.4) is 0 Å². The number of unbranched alkanes of at least 4 members (excludes halogenated alkanes) is 25. The summed E-state index contributed by atoms with van der Waals surface area (Å²) in [4.78, 5) is 37.8. The summed E-state index contributed by atoms with van der Waals surface area (Å²) in [5, 5.41) is 0. The maximum Gasteiger partial charge on any atom is 0.306 e.